The summed E-state index contributed by atoms with van der Waals surface area (Å²) in [4.78, 5) is 69.9. The smallest absolute Gasteiger partial charge is 0.309 e. The minimum absolute atomic E-state index is 0.00498. The molecule has 390 valence electrons. The normalized spacial score (nSPS) is 43.1. The molecule has 0 spiro atoms. The van der Waals surface area contributed by atoms with Crippen molar-refractivity contribution in [2.24, 2.45) is 84.7 Å². The van der Waals surface area contributed by atoms with Gasteiger partial charge >= 0.3 is 5.97 Å². The van der Waals surface area contributed by atoms with Crippen molar-refractivity contribution < 1.29 is 49.1 Å². The molecule has 4 fully saturated rings. The first kappa shape index (κ1) is 53.5. The summed E-state index contributed by atoms with van der Waals surface area (Å²) in [6.45, 7) is 28.5. The molecule has 17 atom stereocenters. The fraction of sp³-hybridized carbons (Fsp3) is 0.817. The number of carbonyl (C=O) groups is 5. The van der Waals surface area contributed by atoms with Crippen molar-refractivity contribution in [1.29, 1.82) is 0 Å². The van der Waals surface area contributed by atoms with Crippen LogP contribution in [0, 0.1) is 84.7 Å². The van der Waals surface area contributed by atoms with Crippen molar-refractivity contribution in [1.82, 2.24) is 0 Å². The van der Waals surface area contributed by atoms with Crippen LogP contribution in [0.25, 0.3) is 0 Å². The van der Waals surface area contributed by atoms with Crippen molar-refractivity contribution in [3.05, 3.63) is 34.4 Å². The summed E-state index contributed by atoms with van der Waals surface area (Å²) < 4.78 is 6.08. The molecule has 8 rings (SSSR count). The van der Waals surface area contributed by atoms with Crippen molar-refractivity contribution in [3.8, 4) is 0 Å². The molecule has 0 aromatic heterocycles. The summed E-state index contributed by atoms with van der Waals surface area (Å²) in [6, 6.07) is 0. The van der Waals surface area contributed by atoms with Crippen LogP contribution in [-0.2, 0) is 28.7 Å². The van der Waals surface area contributed by atoms with Crippen molar-refractivity contribution in [2.75, 3.05) is 6.61 Å². The molecule has 10 nitrogen and oxygen atoms in total. The highest BCUT2D eigenvalue weighted by Gasteiger charge is 2.70. The molecular weight excluding hydrogens is 881 g/mol. The number of Topliss-reactive ketones (excluding diaryl/α,β-unsaturated/α-hetero) is 4. The van der Waals surface area contributed by atoms with Gasteiger partial charge in [-0.1, -0.05) is 102 Å². The molecule has 8 aliphatic carbocycles. The maximum absolute atomic E-state index is 14.5. The first-order valence-electron chi connectivity index (χ1n) is 27.4. The van der Waals surface area contributed by atoms with Gasteiger partial charge in [0.05, 0.1) is 24.7 Å². The van der Waals surface area contributed by atoms with Crippen molar-refractivity contribution >= 4 is 29.1 Å². The van der Waals surface area contributed by atoms with E-state index >= 15 is 0 Å². The highest BCUT2D eigenvalue weighted by Crippen LogP contribution is 2.73. The fourth-order valence-electron chi connectivity index (χ4n) is 18.3. The van der Waals surface area contributed by atoms with E-state index in [1.807, 2.05) is 34.6 Å². The molecule has 0 amide bonds. The van der Waals surface area contributed by atoms with Gasteiger partial charge in [0.2, 0.25) is 0 Å². The number of allylic oxidation sites excluding steroid dienone is 5. The van der Waals surface area contributed by atoms with Gasteiger partial charge in [0.25, 0.3) is 0 Å². The van der Waals surface area contributed by atoms with E-state index in [0.29, 0.717) is 61.4 Å². The maximum Gasteiger partial charge on any atom is 0.309 e. The summed E-state index contributed by atoms with van der Waals surface area (Å²) in [5, 5.41) is 44.9. The van der Waals surface area contributed by atoms with Gasteiger partial charge in [-0.25, -0.2) is 0 Å². The molecule has 0 aromatic rings. The van der Waals surface area contributed by atoms with Gasteiger partial charge in [0.15, 0.2) is 11.6 Å². The second-order valence-electron chi connectivity index (χ2n) is 27.8. The van der Waals surface area contributed by atoms with Crippen LogP contribution in [-0.4, -0.2) is 80.0 Å². The molecule has 4 N–H and O–H groups in total. The monoisotopic (exact) mass is 971 g/mol. The second-order valence-corrected chi connectivity index (χ2v) is 27.8. The Morgan fingerprint density at radius 1 is 0.757 bits per heavy atom. The summed E-state index contributed by atoms with van der Waals surface area (Å²) in [5.74, 6) is -1.15. The van der Waals surface area contributed by atoms with Gasteiger partial charge in [-0.05, 0) is 145 Å². The lowest BCUT2D eigenvalue weighted by Crippen LogP contribution is -2.60. The molecule has 0 aliphatic heterocycles. The number of carbonyl (C=O) groups excluding carboxylic acids is 5. The molecule has 0 unspecified atom stereocenters. The SMILES string of the molecule is C[C@H](CC[C@@H](OC(=O)[C@@H](C)CC(=O)C[C@@H](C)[C@H]1C[C@@H](O)[C@@]2(C)C3=C(C(=O)C[C@]12C)[C@@]1(C)CC[C@@H](O)C(C)(C)[C@@H]1CC3=O)[C@@](C)(O)CO)[C@H]1CC[C@@]2(C)C3=CC[C@H]4C(C)(C)C(=O)CC[C@]4(C)C3=CC[C@]12C. The third-order valence-electron chi connectivity index (χ3n) is 23.5. The number of ketones is 4. The van der Waals surface area contributed by atoms with Crippen molar-refractivity contribution in [2.45, 2.75) is 217 Å². The molecule has 0 saturated heterocycles. The Morgan fingerprint density at radius 2 is 1.43 bits per heavy atom. The van der Waals surface area contributed by atoms with E-state index in [1.54, 1.807) is 6.92 Å². The van der Waals surface area contributed by atoms with E-state index < -0.39 is 64.1 Å². The molecular formula is C60H90O10. The average Bonchev–Trinajstić information content (AvgIpc) is 3.67. The van der Waals surface area contributed by atoms with Crippen LogP contribution in [0.3, 0.4) is 0 Å². The number of rotatable bonds is 13. The van der Waals surface area contributed by atoms with Gasteiger partial charge in [0.1, 0.15) is 23.3 Å². The molecule has 0 heterocycles. The number of aliphatic hydroxyl groups is 4. The van der Waals surface area contributed by atoms with E-state index in [1.165, 1.54) is 18.1 Å². The largest absolute Gasteiger partial charge is 0.459 e. The average molecular weight is 971 g/mol. The van der Waals surface area contributed by atoms with Crippen LogP contribution < -0.4 is 0 Å². The molecule has 4 saturated carbocycles. The number of hydrogen-bond donors (Lipinski definition) is 4. The van der Waals surface area contributed by atoms with Crippen LogP contribution in [0.4, 0.5) is 0 Å². The zero-order chi connectivity index (χ0) is 51.9. The summed E-state index contributed by atoms with van der Waals surface area (Å²) in [5.41, 5.74) is -1.04. The zero-order valence-corrected chi connectivity index (χ0v) is 45.5. The lowest BCUT2D eigenvalue weighted by atomic mass is 9.42. The lowest BCUT2D eigenvalue weighted by molar-refractivity contribution is -0.174. The standard InChI is InChI=1S/C60H90O10/c1-33(37-19-25-57(11)39-16-17-43-52(4,5)45(65)21-23-54(43,8)38(39)20-26-56(37,57)10)15-18-48(59(13,69)32-61)70-51(68)35(3)28-36(62)27-34(2)40-29-47(67)60(14)50-41(63)30-44-53(6,7)46(66)22-24-55(44,9)49(50)42(64)31-58(40,60)12/h16,20,33-35,37,40,43-44,46-48,61,66-67,69H,15,17-19,21-32H2,1-14H3/t33-,34-,35+,37-,40-,43+,44+,46-,47-,48-,54-,55+,56-,57+,58-,59+,60+/m1/s1. The van der Waals surface area contributed by atoms with Gasteiger partial charge in [-0.15, -0.1) is 0 Å². The Morgan fingerprint density at radius 3 is 2.09 bits per heavy atom. The topological polar surface area (TPSA) is 176 Å². The predicted molar refractivity (Wildman–Crippen MR) is 270 cm³/mol. The van der Waals surface area contributed by atoms with Gasteiger partial charge in [-0.2, -0.15) is 0 Å². The van der Waals surface area contributed by atoms with E-state index in [-0.39, 0.29) is 94.3 Å². The molecule has 8 aliphatic rings. The number of hydrogen-bond acceptors (Lipinski definition) is 10. The number of fused-ring (bicyclic) bond motifs is 9. The van der Waals surface area contributed by atoms with Crippen LogP contribution in [0.2, 0.25) is 0 Å². The van der Waals surface area contributed by atoms with Gasteiger partial charge < -0.3 is 25.2 Å². The third kappa shape index (κ3) is 7.51. The minimum Gasteiger partial charge on any atom is -0.459 e. The lowest BCUT2D eigenvalue weighted by Gasteiger charge is -2.60. The highest BCUT2D eigenvalue weighted by atomic mass is 16.6. The molecule has 0 aromatic carbocycles. The first-order valence-corrected chi connectivity index (χ1v) is 27.4. The van der Waals surface area contributed by atoms with Gasteiger partial charge in [0, 0.05) is 59.5 Å². The zero-order valence-electron chi connectivity index (χ0n) is 45.5. The Labute approximate surface area is 419 Å². The Balaban J connectivity index is 0.911. The Bertz CT molecular complexity index is 2300. The Hall–Kier alpha value is -2.79. The second kappa shape index (κ2) is 17.4. The van der Waals surface area contributed by atoms with Crippen LogP contribution in [0.15, 0.2) is 34.4 Å². The predicted octanol–water partition coefficient (Wildman–Crippen LogP) is 10.2. The fourth-order valence-corrected chi connectivity index (χ4v) is 18.3. The third-order valence-corrected chi connectivity index (χ3v) is 23.5. The number of aliphatic hydroxyl groups excluding tert-OH is 3. The van der Waals surface area contributed by atoms with Crippen LogP contribution in [0.5, 0.6) is 0 Å². The van der Waals surface area contributed by atoms with Gasteiger partial charge in [-0.3, -0.25) is 24.0 Å². The molecule has 0 bridgehead atoms. The van der Waals surface area contributed by atoms with Crippen LogP contribution in [0.1, 0.15) is 193 Å². The number of ether oxygens (including phenoxy) is 1. The quantitative estimate of drug-likeness (QED) is 0.130. The highest BCUT2D eigenvalue weighted by molar-refractivity contribution is 6.11. The maximum atomic E-state index is 14.5. The van der Waals surface area contributed by atoms with E-state index in [4.69, 9.17) is 4.74 Å². The molecule has 0 radical (unpaired) electrons. The van der Waals surface area contributed by atoms with E-state index in [0.717, 1.165) is 32.1 Å². The number of esters is 1. The summed E-state index contributed by atoms with van der Waals surface area (Å²) in [7, 11) is 0. The Kier molecular flexibility index (Phi) is 13.3. The summed E-state index contributed by atoms with van der Waals surface area (Å²) >= 11 is 0. The van der Waals surface area contributed by atoms with E-state index in [2.05, 4.69) is 60.6 Å². The molecule has 70 heavy (non-hydrogen) atoms. The van der Waals surface area contributed by atoms with Crippen molar-refractivity contribution in [3.63, 3.8) is 0 Å². The minimum atomic E-state index is -1.69. The first-order chi connectivity index (χ1) is 32.2. The summed E-state index contributed by atoms with van der Waals surface area (Å²) in [6.07, 6.45) is 11.0. The molecule has 10 heteroatoms. The van der Waals surface area contributed by atoms with E-state index in [9.17, 15) is 44.4 Å². The van der Waals surface area contributed by atoms with Crippen LogP contribution >= 0.6 is 0 Å².